The second-order valence-electron chi connectivity index (χ2n) is 6.06. The predicted octanol–water partition coefficient (Wildman–Crippen LogP) is 3.27. The zero-order valence-electron chi connectivity index (χ0n) is 11.6. The Morgan fingerprint density at radius 1 is 1.25 bits per heavy atom. The number of rotatable bonds is 3. The van der Waals surface area contributed by atoms with Crippen molar-refractivity contribution in [1.82, 2.24) is 10.3 Å². The minimum absolute atomic E-state index is 0.0415. The van der Waals surface area contributed by atoms with Crippen LogP contribution in [0.3, 0.4) is 0 Å². The minimum atomic E-state index is 0.0415. The van der Waals surface area contributed by atoms with E-state index in [0.29, 0.717) is 18.2 Å². The van der Waals surface area contributed by atoms with Gasteiger partial charge in [0, 0.05) is 22.4 Å². The number of carbonyl (C=O) groups excluding carboxylic acids is 1. The van der Waals surface area contributed by atoms with Crippen LogP contribution >= 0.6 is 15.9 Å². The van der Waals surface area contributed by atoms with E-state index in [1.807, 2.05) is 12.1 Å². The lowest BCUT2D eigenvalue weighted by atomic mass is 9.77. The van der Waals surface area contributed by atoms with Gasteiger partial charge in [-0.1, -0.05) is 12.8 Å². The zero-order valence-corrected chi connectivity index (χ0v) is 13.2. The van der Waals surface area contributed by atoms with E-state index < -0.39 is 0 Å². The van der Waals surface area contributed by atoms with Crippen LogP contribution in [-0.2, 0) is 11.2 Å². The van der Waals surface area contributed by atoms with Gasteiger partial charge in [0.25, 0.3) is 0 Å². The average molecular weight is 337 g/mol. The third kappa shape index (κ3) is 3.29. The third-order valence-electron chi connectivity index (χ3n) is 4.68. The van der Waals surface area contributed by atoms with E-state index >= 15 is 0 Å². The number of nitrogens with one attached hydrogen (secondary N) is 1. The monoisotopic (exact) mass is 336 g/mol. The number of pyridine rings is 1. The molecule has 3 nitrogen and oxygen atoms in total. The number of fused-ring (bicyclic) bond motifs is 1. The van der Waals surface area contributed by atoms with Crippen LogP contribution in [0.2, 0.25) is 0 Å². The van der Waals surface area contributed by atoms with Crippen LogP contribution in [0.1, 0.15) is 44.2 Å². The van der Waals surface area contributed by atoms with Gasteiger partial charge in [0.1, 0.15) is 0 Å². The number of hydrogen-bond acceptors (Lipinski definition) is 3. The van der Waals surface area contributed by atoms with Crippen LogP contribution in [0.5, 0.6) is 0 Å². The summed E-state index contributed by atoms with van der Waals surface area (Å²) >= 11 is 3.37. The van der Waals surface area contributed by atoms with E-state index in [1.165, 1.54) is 32.1 Å². The molecular weight excluding hydrogens is 316 g/mol. The van der Waals surface area contributed by atoms with Gasteiger partial charge in [-0.2, -0.15) is 0 Å². The van der Waals surface area contributed by atoms with Crippen molar-refractivity contribution in [3.05, 3.63) is 28.5 Å². The Morgan fingerprint density at radius 2 is 2.10 bits per heavy atom. The second kappa shape index (κ2) is 6.35. The van der Waals surface area contributed by atoms with Gasteiger partial charge in [0.05, 0.1) is 12.5 Å². The fraction of sp³-hybridized carbons (Fsp3) is 0.625. The van der Waals surface area contributed by atoms with E-state index in [9.17, 15) is 4.79 Å². The number of nitrogens with zero attached hydrogens (tertiary/aromatic N) is 1. The van der Waals surface area contributed by atoms with Crippen molar-refractivity contribution in [2.24, 2.45) is 5.92 Å². The Hall–Kier alpha value is -0.740. The molecule has 1 aliphatic carbocycles. The number of aromatic nitrogens is 1. The fourth-order valence-corrected chi connectivity index (χ4v) is 3.80. The normalized spacial score (nSPS) is 29.8. The summed E-state index contributed by atoms with van der Waals surface area (Å²) in [6.45, 7) is 0. The standard InChI is InChI=1S/C16H21BrN2O/c17-12-6-7-13(18-10-12)9-16(20)15-8-5-11-3-1-2-4-14(11)19-15/h6-7,10-11,14-15,19H,1-5,8-9H2. The molecule has 1 aromatic heterocycles. The molecule has 2 fully saturated rings. The van der Waals surface area contributed by atoms with Crippen molar-refractivity contribution in [1.29, 1.82) is 0 Å². The molecule has 0 amide bonds. The maximum absolute atomic E-state index is 12.4. The van der Waals surface area contributed by atoms with Gasteiger partial charge >= 0.3 is 0 Å². The molecule has 1 saturated carbocycles. The molecule has 20 heavy (non-hydrogen) atoms. The van der Waals surface area contributed by atoms with E-state index in [0.717, 1.165) is 22.5 Å². The van der Waals surface area contributed by atoms with Crippen molar-refractivity contribution in [3.8, 4) is 0 Å². The molecule has 108 valence electrons. The highest BCUT2D eigenvalue weighted by Crippen LogP contribution is 2.32. The van der Waals surface area contributed by atoms with Crippen LogP contribution in [0.25, 0.3) is 0 Å². The molecule has 0 aromatic carbocycles. The van der Waals surface area contributed by atoms with Crippen molar-refractivity contribution in [3.63, 3.8) is 0 Å². The first-order valence-corrected chi connectivity index (χ1v) is 8.41. The molecule has 1 N–H and O–H groups in total. The lowest BCUT2D eigenvalue weighted by Crippen LogP contribution is -2.52. The van der Waals surface area contributed by atoms with Gasteiger partial charge in [-0.3, -0.25) is 9.78 Å². The molecule has 2 heterocycles. The highest BCUT2D eigenvalue weighted by molar-refractivity contribution is 9.10. The number of hydrogen-bond donors (Lipinski definition) is 1. The summed E-state index contributed by atoms with van der Waals surface area (Å²) < 4.78 is 0.953. The second-order valence-corrected chi connectivity index (χ2v) is 6.97. The smallest absolute Gasteiger partial charge is 0.155 e. The van der Waals surface area contributed by atoms with E-state index in [4.69, 9.17) is 0 Å². The summed E-state index contributed by atoms with van der Waals surface area (Å²) in [6.07, 6.45) is 9.67. The number of ketones is 1. The van der Waals surface area contributed by atoms with Gasteiger partial charge in [0.15, 0.2) is 5.78 Å². The summed E-state index contributed by atoms with van der Waals surface area (Å²) in [6, 6.07) is 4.49. The first-order valence-electron chi connectivity index (χ1n) is 7.61. The fourth-order valence-electron chi connectivity index (χ4n) is 3.56. The first-order chi connectivity index (χ1) is 9.72. The first kappa shape index (κ1) is 14.2. The summed E-state index contributed by atoms with van der Waals surface area (Å²) in [5, 5.41) is 3.60. The molecule has 0 spiro atoms. The van der Waals surface area contributed by atoms with Crippen LogP contribution in [0, 0.1) is 5.92 Å². The van der Waals surface area contributed by atoms with Crippen LogP contribution in [0.15, 0.2) is 22.8 Å². The average Bonchev–Trinajstić information content (AvgIpc) is 2.49. The SMILES string of the molecule is O=C(Cc1ccc(Br)cn1)C1CCC2CCCCC2N1. The minimum Gasteiger partial charge on any atom is -0.304 e. The summed E-state index contributed by atoms with van der Waals surface area (Å²) in [5.74, 6) is 1.10. The van der Waals surface area contributed by atoms with Crippen molar-refractivity contribution < 1.29 is 4.79 Å². The largest absolute Gasteiger partial charge is 0.304 e. The molecule has 1 aliphatic heterocycles. The highest BCUT2D eigenvalue weighted by atomic mass is 79.9. The summed E-state index contributed by atoms with van der Waals surface area (Å²) in [7, 11) is 0. The van der Waals surface area contributed by atoms with Gasteiger partial charge < -0.3 is 5.32 Å². The van der Waals surface area contributed by atoms with Gasteiger partial charge in [-0.15, -0.1) is 0 Å². The summed E-state index contributed by atoms with van der Waals surface area (Å²) in [4.78, 5) is 16.7. The van der Waals surface area contributed by atoms with Gasteiger partial charge in [0.2, 0.25) is 0 Å². The maximum atomic E-state index is 12.4. The Labute approximate surface area is 128 Å². The maximum Gasteiger partial charge on any atom is 0.155 e. The number of carbonyl (C=O) groups is 1. The third-order valence-corrected chi connectivity index (χ3v) is 5.15. The van der Waals surface area contributed by atoms with E-state index in [-0.39, 0.29) is 6.04 Å². The highest BCUT2D eigenvalue weighted by Gasteiger charge is 2.34. The Kier molecular flexibility index (Phi) is 4.51. The van der Waals surface area contributed by atoms with Gasteiger partial charge in [-0.05, 0) is 59.7 Å². The molecular formula is C16H21BrN2O. The molecule has 3 unspecified atom stereocenters. The van der Waals surface area contributed by atoms with Crippen LogP contribution in [-0.4, -0.2) is 22.9 Å². The molecule has 4 heteroatoms. The molecule has 1 aromatic rings. The predicted molar refractivity (Wildman–Crippen MR) is 82.6 cm³/mol. The molecule has 1 saturated heterocycles. The van der Waals surface area contributed by atoms with Crippen LogP contribution in [0.4, 0.5) is 0 Å². The van der Waals surface area contributed by atoms with E-state index in [2.05, 4.69) is 26.2 Å². The Balaban J connectivity index is 1.58. The van der Waals surface area contributed by atoms with E-state index in [1.54, 1.807) is 6.20 Å². The van der Waals surface area contributed by atoms with Crippen molar-refractivity contribution in [2.45, 2.75) is 57.0 Å². The van der Waals surface area contributed by atoms with Crippen molar-refractivity contribution in [2.75, 3.05) is 0 Å². The summed E-state index contributed by atoms with van der Waals surface area (Å²) in [5.41, 5.74) is 0.866. The Morgan fingerprint density at radius 3 is 2.90 bits per heavy atom. The topological polar surface area (TPSA) is 42.0 Å². The molecule has 0 radical (unpaired) electrons. The molecule has 3 atom stereocenters. The van der Waals surface area contributed by atoms with Crippen molar-refractivity contribution >= 4 is 21.7 Å². The van der Waals surface area contributed by atoms with Crippen LogP contribution < -0.4 is 5.32 Å². The number of halogens is 1. The molecule has 0 bridgehead atoms. The van der Waals surface area contributed by atoms with Gasteiger partial charge in [-0.25, -0.2) is 0 Å². The lowest BCUT2D eigenvalue weighted by molar-refractivity contribution is -0.121. The number of piperidine rings is 1. The molecule has 3 rings (SSSR count). The quantitative estimate of drug-likeness (QED) is 0.921. The lowest BCUT2D eigenvalue weighted by Gasteiger charge is -2.40. The zero-order chi connectivity index (χ0) is 13.9. The Bertz CT molecular complexity index is 474. The number of Topliss-reactive ketones (excluding diaryl/α,β-unsaturated/α-hetero) is 1. The molecule has 2 aliphatic rings.